The van der Waals surface area contributed by atoms with Crippen LogP contribution in [0.5, 0.6) is 0 Å². The SMILES string of the molecule is Cc1nnnn1-c1ccc(F)c(NC(=O)c2cc(S(=O)(=O)N3CCCCC3)cn2C)c1. The number of hydrogen-bond acceptors (Lipinski definition) is 6. The van der Waals surface area contributed by atoms with E-state index in [9.17, 15) is 17.6 Å². The molecule has 1 fully saturated rings. The van der Waals surface area contributed by atoms with Crippen LogP contribution in [0.4, 0.5) is 10.1 Å². The van der Waals surface area contributed by atoms with Crippen LogP contribution in [0, 0.1) is 12.7 Å². The molecule has 4 rings (SSSR count). The Balaban J connectivity index is 1.59. The zero-order chi connectivity index (χ0) is 22.2. The smallest absolute Gasteiger partial charge is 0.272 e. The van der Waals surface area contributed by atoms with Crippen LogP contribution in [0.3, 0.4) is 0 Å². The van der Waals surface area contributed by atoms with Crippen molar-refractivity contribution in [3.8, 4) is 5.69 Å². The highest BCUT2D eigenvalue weighted by atomic mass is 32.2. The number of carbonyl (C=O) groups excluding carboxylic acids is 1. The van der Waals surface area contributed by atoms with Crippen molar-refractivity contribution in [1.82, 2.24) is 29.1 Å². The van der Waals surface area contributed by atoms with Gasteiger partial charge in [0.1, 0.15) is 16.4 Å². The summed E-state index contributed by atoms with van der Waals surface area (Å²) in [6, 6.07) is 5.40. The van der Waals surface area contributed by atoms with Crippen LogP contribution in [-0.2, 0) is 17.1 Å². The van der Waals surface area contributed by atoms with E-state index in [4.69, 9.17) is 0 Å². The summed E-state index contributed by atoms with van der Waals surface area (Å²) in [6.07, 6.45) is 4.03. The molecule has 164 valence electrons. The fraction of sp³-hybridized carbons (Fsp3) is 0.368. The lowest BCUT2D eigenvalue weighted by Gasteiger charge is -2.25. The number of hydrogen-bond donors (Lipinski definition) is 1. The molecule has 0 unspecified atom stereocenters. The summed E-state index contributed by atoms with van der Waals surface area (Å²) in [5.41, 5.74) is 0.498. The maximum absolute atomic E-state index is 14.3. The van der Waals surface area contributed by atoms with Crippen LogP contribution in [0.2, 0.25) is 0 Å². The lowest BCUT2D eigenvalue weighted by atomic mass is 10.2. The first-order valence-electron chi connectivity index (χ1n) is 9.80. The first-order chi connectivity index (χ1) is 14.8. The summed E-state index contributed by atoms with van der Waals surface area (Å²) in [4.78, 5) is 12.9. The summed E-state index contributed by atoms with van der Waals surface area (Å²) in [5.74, 6) is -0.774. The normalized spacial score (nSPS) is 15.2. The van der Waals surface area contributed by atoms with Crippen LogP contribution in [-0.4, -0.2) is 56.5 Å². The average molecular weight is 447 g/mol. The zero-order valence-electron chi connectivity index (χ0n) is 17.1. The fourth-order valence-corrected chi connectivity index (χ4v) is 5.14. The Hall–Kier alpha value is -3.12. The van der Waals surface area contributed by atoms with E-state index in [0.29, 0.717) is 24.6 Å². The van der Waals surface area contributed by atoms with E-state index >= 15 is 0 Å². The highest BCUT2D eigenvalue weighted by Gasteiger charge is 2.28. The number of halogens is 1. The predicted molar refractivity (Wildman–Crippen MR) is 110 cm³/mol. The Morgan fingerprint density at radius 2 is 1.90 bits per heavy atom. The van der Waals surface area contributed by atoms with Crippen molar-refractivity contribution in [1.29, 1.82) is 0 Å². The molecule has 1 saturated heterocycles. The summed E-state index contributed by atoms with van der Waals surface area (Å²) in [5, 5.41) is 13.7. The second-order valence-corrected chi connectivity index (χ2v) is 9.33. The van der Waals surface area contributed by atoms with Crippen LogP contribution in [0.25, 0.3) is 5.69 Å². The van der Waals surface area contributed by atoms with Crippen LogP contribution >= 0.6 is 0 Å². The molecule has 1 aromatic carbocycles. The number of tetrazole rings is 1. The molecular weight excluding hydrogens is 425 g/mol. The molecule has 0 spiro atoms. The molecular formula is C19H22FN7O3S. The van der Waals surface area contributed by atoms with Gasteiger partial charge in [0.25, 0.3) is 5.91 Å². The second-order valence-electron chi connectivity index (χ2n) is 7.39. The first kappa shape index (κ1) is 21.1. The number of aryl methyl sites for hydroxylation is 2. The fourth-order valence-electron chi connectivity index (χ4n) is 3.55. The van der Waals surface area contributed by atoms with Gasteiger partial charge in [-0.1, -0.05) is 6.42 Å². The van der Waals surface area contributed by atoms with Crippen molar-refractivity contribution in [2.45, 2.75) is 31.1 Å². The summed E-state index contributed by atoms with van der Waals surface area (Å²) < 4.78 is 44.4. The second kappa shape index (κ2) is 8.19. The summed E-state index contributed by atoms with van der Waals surface area (Å²) in [6.45, 7) is 2.62. The number of rotatable bonds is 5. The Labute approximate surface area is 178 Å². The van der Waals surface area contributed by atoms with E-state index in [2.05, 4.69) is 20.8 Å². The van der Waals surface area contributed by atoms with E-state index in [-0.39, 0.29) is 16.3 Å². The monoisotopic (exact) mass is 447 g/mol. The maximum Gasteiger partial charge on any atom is 0.272 e. The Morgan fingerprint density at radius 1 is 1.16 bits per heavy atom. The van der Waals surface area contributed by atoms with E-state index in [1.165, 1.54) is 44.0 Å². The van der Waals surface area contributed by atoms with Crippen molar-refractivity contribution < 1.29 is 17.6 Å². The number of piperidine rings is 1. The molecule has 0 bridgehead atoms. The third kappa shape index (κ3) is 4.08. The quantitative estimate of drug-likeness (QED) is 0.639. The Bertz CT molecular complexity index is 1230. The molecule has 1 aliphatic heterocycles. The van der Waals surface area contributed by atoms with Gasteiger partial charge in [0, 0.05) is 26.3 Å². The van der Waals surface area contributed by atoms with Gasteiger partial charge in [0.2, 0.25) is 10.0 Å². The predicted octanol–water partition coefficient (Wildman–Crippen LogP) is 1.88. The third-order valence-corrected chi connectivity index (χ3v) is 7.10. The van der Waals surface area contributed by atoms with Crippen LogP contribution < -0.4 is 5.32 Å². The minimum atomic E-state index is -3.69. The van der Waals surface area contributed by atoms with Crippen LogP contribution in [0.15, 0.2) is 35.4 Å². The highest BCUT2D eigenvalue weighted by Crippen LogP contribution is 2.24. The molecule has 0 atom stereocenters. The van der Waals surface area contributed by atoms with Crippen molar-refractivity contribution in [2.75, 3.05) is 18.4 Å². The molecule has 10 nitrogen and oxygen atoms in total. The molecule has 1 aliphatic rings. The zero-order valence-corrected chi connectivity index (χ0v) is 17.9. The van der Waals surface area contributed by atoms with Gasteiger partial charge in [-0.3, -0.25) is 4.79 Å². The molecule has 0 saturated carbocycles. The van der Waals surface area contributed by atoms with Crippen molar-refractivity contribution in [3.05, 3.63) is 47.8 Å². The number of benzene rings is 1. The van der Waals surface area contributed by atoms with Crippen molar-refractivity contribution in [3.63, 3.8) is 0 Å². The molecule has 2 aromatic heterocycles. The van der Waals surface area contributed by atoms with Gasteiger partial charge in [-0.25, -0.2) is 12.8 Å². The first-order valence-corrected chi connectivity index (χ1v) is 11.2. The number of nitrogens with zero attached hydrogens (tertiary/aromatic N) is 6. The lowest BCUT2D eigenvalue weighted by Crippen LogP contribution is -2.35. The van der Waals surface area contributed by atoms with Crippen LogP contribution in [0.1, 0.15) is 35.6 Å². The molecule has 1 amide bonds. The standard InChI is InChI=1S/C19H22FN7O3S/c1-13-22-23-24-27(13)14-6-7-16(20)17(10-14)21-19(28)18-11-15(12-25(18)2)31(29,30)26-8-4-3-5-9-26/h6-7,10-12H,3-5,8-9H2,1-2H3,(H,21,28). The number of sulfonamides is 1. The van der Waals surface area contributed by atoms with E-state index in [0.717, 1.165) is 19.3 Å². The number of amides is 1. The van der Waals surface area contributed by atoms with Crippen molar-refractivity contribution in [2.24, 2.45) is 7.05 Å². The van der Waals surface area contributed by atoms with Gasteiger partial charge in [0.05, 0.1) is 11.4 Å². The molecule has 31 heavy (non-hydrogen) atoms. The third-order valence-electron chi connectivity index (χ3n) is 5.23. The Morgan fingerprint density at radius 3 is 2.58 bits per heavy atom. The van der Waals surface area contributed by atoms with Gasteiger partial charge in [-0.15, -0.1) is 5.10 Å². The molecule has 3 heterocycles. The van der Waals surface area contributed by atoms with Gasteiger partial charge < -0.3 is 9.88 Å². The van der Waals surface area contributed by atoms with E-state index < -0.39 is 21.7 Å². The molecule has 12 heteroatoms. The highest BCUT2D eigenvalue weighted by molar-refractivity contribution is 7.89. The lowest BCUT2D eigenvalue weighted by molar-refractivity contribution is 0.101. The molecule has 1 N–H and O–H groups in total. The number of nitrogens with one attached hydrogen (secondary N) is 1. The molecule has 3 aromatic rings. The van der Waals surface area contributed by atoms with Gasteiger partial charge in [-0.05, 0) is 54.5 Å². The number of carbonyl (C=O) groups is 1. The summed E-state index contributed by atoms with van der Waals surface area (Å²) in [7, 11) is -2.12. The minimum absolute atomic E-state index is 0.0422. The molecule has 0 radical (unpaired) electrons. The van der Waals surface area contributed by atoms with E-state index in [1.807, 2.05) is 0 Å². The number of aromatic nitrogens is 5. The maximum atomic E-state index is 14.3. The van der Waals surface area contributed by atoms with Gasteiger partial charge in [0.15, 0.2) is 5.82 Å². The van der Waals surface area contributed by atoms with E-state index in [1.54, 1.807) is 14.0 Å². The van der Waals surface area contributed by atoms with Crippen molar-refractivity contribution >= 4 is 21.6 Å². The average Bonchev–Trinajstić information content (AvgIpc) is 3.36. The van der Waals surface area contributed by atoms with Gasteiger partial charge >= 0.3 is 0 Å². The minimum Gasteiger partial charge on any atom is -0.345 e. The number of anilines is 1. The summed E-state index contributed by atoms with van der Waals surface area (Å²) >= 11 is 0. The Kier molecular flexibility index (Phi) is 5.58. The topological polar surface area (TPSA) is 115 Å². The largest absolute Gasteiger partial charge is 0.345 e. The molecule has 0 aliphatic carbocycles. The van der Waals surface area contributed by atoms with Gasteiger partial charge in [-0.2, -0.15) is 8.99 Å².